The van der Waals surface area contributed by atoms with E-state index in [9.17, 15) is 14.7 Å². The number of carboxylic acid groups (broad SMARTS) is 1. The Balaban J connectivity index is 1.92. The number of amides is 1. The summed E-state index contributed by atoms with van der Waals surface area (Å²) in [6.07, 6.45) is 1.67. The third-order valence-corrected chi connectivity index (χ3v) is 4.87. The van der Waals surface area contributed by atoms with E-state index in [1.54, 1.807) is 36.4 Å². The molecule has 0 N–H and O–H groups in total. The predicted octanol–water partition coefficient (Wildman–Crippen LogP) is 2.46. The number of para-hydroxylation sites is 2. The highest BCUT2D eigenvalue weighted by atomic mass is 32.2. The van der Waals surface area contributed by atoms with Gasteiger partial charge in [-0.05, 0) is 29.3 Å². The van der Waals surface area contributed by atoms with Crippen LogP contribution in [0.4, 0.5) is 5.69 Å². The van der Waals surface area contributed by atoms with Gasteiger partial charge in [-0.15, -0.1) is 0 Å². The zero-order valence-electron chi connectivity index (χ0n) is 13.1. The molecule has 1 amide bonds. The molecule has 3 rings (SSSR count). The molecule has 1 aliphatic heterocycles. The first-order valence-corrected chi connectivity index (χ1v) is 8.46. The van der Waals surface area contributed by atoms with Gasteiger partial charge < -0.3 is 14.6 Å². The van der Waals surface area contributed by atoms with E-state index >= 15 is 0 Å². The lowest BCUT2D eigenvalue weighted by Crippen LogP contribution is -2.27. The number of ether oxygens (including phenoxy) is 1. The van der Waals surface area contributed by atoms with Crippen molar-refractivity contribution in [1.82, 2.24) is 0 Å². The summed E-state index contributed by atoms with van der Waals surface area (Å²) in [5.41, 5.74) is 1.37. The van der Waals surface area contributed by atoms with Crippen molar-refractivity contribution in [1.29, 1.82) is 0 Å². The molecule has 0 unspecified atom stereocenters. The van der Waals surface area contributed by atoms with Crippen LogP contribution in [0, 0.1) is 0 Å². The maximum Gasteiger partial charge on any atom is 0.270 e. The molecule has 0 radical (unpaired) electrons. The highest BCUT2D eigenvalue weighted by Gasteiger charge is 2.34. The van der Waals surface area contributed by atoms with E-state index in [0.29, 0.717) is 26.2 Å². The van der Waals surface area contributed by atoms with Crippen LogP contribution >= 0.6 is 24.0 Å². The molecule has 1 fully saturated rings. The number of thioether (sulfide) groups is 1. The molecule has 5 nitrogen and oxygen atoms in total. The number of nitrogens with zero attached hydrogens (tertiary/aromatic N) is 1. The second kappa shape index (κ2) is 7.08. The van der Waals surface area contributed by atoms with Crippen molar-refractivity contribution < 1.29 is 19.4 Å². The summed E-state index contributed by atoms with van der Waals surface area (Å²) < 4.78 is 5.71. The first-order valence-electron chi connectivity index (χ1n) is 7.23. The molecule has 2 aromatic rings. The van der Waals surface area contributed by atoms with Crippen LogP contribution in [0.3, 0.4) is 0 Å². The molecule has 25 heavy (non-hydrogen) atoms. The molecule has 0 spiro atoms. The van der Waals surface area contributed by atoms with Gasteiger partial charge in [0, 0.05) is 0 Å². The van der Waals surface area contributed by atoms with Crippen LogP contribution in [-0.2, 0) is 4.79 Å². The quantitative estimate of drug-likeness (QED) is 0.608. The Morgan fingerprint density at radius 1 is 1.20 bits per heavy atom. The van der Waals surface area contributed by atoms with Crippen LogP contribution in [-0.4, -0.2) is 23.3 Å². The Kier molecular flexibility index (Phi) is 4.87. The van der Waals surface area contributed by atoms with Gasteiger partial charge in [0.15, 0.2) is 4.32 Å². The van der Waals surface area contributed by atoms with Gasteiger partial charge >= 0.3 is 0 Å². The zero-order chi connectivity index (χ0) is 18.0. The summed E-state index contributed by atoms with van der Waals surface area (Å²) >= 11 is 6.53. The summed E-state index contributed by atoms with van der Waals surface area (Å²) in [5, 5.41) is 10.8. The van der Waals surface area contributed by atoms with Gasteiger partial charge in [-0.25, -0.2) is 0 Å². The summed E-state index contributed by atoms with van der Waals surface area (Å²) in [6.45, 7) is 0. The number of carbonyl (C=O) groups is 2. The molecule has 0 atom stereocenters. The van der Waals surface area contributed by atoms with Crippen LogP contribution in [0.2, 0.25) is 0 Å². The number of hydrogen-bond acceptors (Lipinski definition) is 6. The molecule has 1 heterocycles. The molecule has 0 saturated carbocycles. The second-order valence-corrected chi connectivity index (χ2v) is 6.77. The lowest BCUT2D eigenvalue weighted by atomic mass is 10.1. The molecule has 7 heteroatoms. The summed E-state index contributed by atoms with van der Waals surface area (Å²) in [5.74, 6) is -0.934. The average molecular weight is 370 g/mol. The molecule has 1 saturated heterocycles. The molecule has 0 aliphatic carbocycles. The number of aromatic carboxylic acids is 1. The van der Waals surface area contributed by atoms with Gasteiger partial charge in [0.05, 0.1) is 23.7 Å². The molecule has 0 aromatic heterocycles. The van der Waals surface area contributed by atoms with E-state index in [4.69, 9.17) is 17.0 Å². The van der Waals surface area contributed by atoms with Crippen molar-refractivity contribution in [2.45, 2.75) is 0 Å². The first kappa shape index (κ1) is 17.2. The highest BCUT2D eigenvalue weighted by Crippen LogP contribution is 2.39. The van der Waals surface area contributed by atoms with Crippen LogP contribution < -0.4 is 14.7 Å². The van der Waals surface area contributed by atoms with Gasteiger partial charge in [0.25, 0.3) is 5.91 Å². The van der Waals surface area contributed by atoms with Crippen molar-refractivity contribution in [3.8, 4) is 5.75 Å². The topological polar surface area (TPSA) is 69.7 Å². The summed E-state index contributed by atoms with van der Waals surface area (Å²) in [4.78, 5) is 25.4. The minimum Gasteiger partial charge on any atom is -0.545 e. The van der Waals surface area contributed by atoms with Crippen LogP contribution in [0.5, 0.6) is 5.75 Å². The van der Waals surface area contributed by atoms with E-state index in [2.05, 4.69) is 0 Å². The number of methoxy groups -OCH3 is 1. The van der Waals surface area contributed by atoms with E-state index in [1.807, 2.05) is 6.07 Å². The first-order chi connectivity index (χ1) is 12.0. The molecule has 126 valence electrons. The molecule has 0 bridgehead atoms. The highest BCUT2D eigenvalue weighted by molar-refractivity contribution is 8.27. The molecule has 1 aliphatic rings. The minimum atomic E-state index is -1.24. The van der Waals surface area contributed by atoms with Gasteiger partial charge in [-0.2, -0.15) is 0 Å². The maximum atomic E-state index is 12.8. The number of benzene rings is 2. The van der Waals surface area contributed by atoms with E-state index in [0.717, 1.165) is 0 Å². The van der Waals surface area contributed by atoms with E-state index in [1.165, 1.54) is 35.9 Å². The lowest BCUT2D eigenvalue weighted by Gasteiger charge is -2.17. The van der Waals surface area contributed by atoms with E-state index < -0.39 is 5.97 Å². The second-order valence-electron chi connectivity index (χ2n) is 5.10. The number of thiocarbonyl (C=S) groups is 1. The van der Waals surface area contributed by atoms with Gasteiger partial charge in [0.1, 0.15) is 5.75 Å². The lowest BCUT2D eigenvalue weighted by molar-refractivity contribution is -0.255. The molecular formula is C18H12NO4S2-. The minimum absolute atomic E-state index is 0.0821. The van der Waals surface area contributed by atoms with Gasteiger partial charge in [-0.3, -0.25) is 9.69 Å². The Morgan fingerprint density at radius 2 is 1.88 bits per heavy atom. The third kappa shape index (κ3) is 3.42. The molecule has 2 aromatic carbocycles. The van der Waals surface area contributed by atoms with E-state index in [-0.39, 0.29) is 11.5 Å². The van der Waals surface area contributed by atoms with Crippen molar-refractivity contribution in [2.24, 2.45) is 0 Å². The fraction of sp³-hybridized carbons (Fsp3) is 0.0556. The Labute approximate surface area is 153 Å². The van der Waals surface area contributed by atoms with Crippen molar-refractivity contribution >= 4 is 51.9 Å². The fourth-order valence-corrected chi connectivity index (χ4v) is 3.64. The maximum absolute atomic E-state index is 12.8. The molecular weight excluding hydrogens is 358 g/mol. The van der Waals surface area contributed by atoms with Gasteiger partial charge in [-0.1, -0.05) is 60.4 Å². The smallest absolute Gasteiger partial charge is 0.270 e. The van der Waals surface area contributed by atoms with Crippen molar-refractivity contribution in [3.63, 3.8) is 0 Å². The largest absolute Gasteiger partial charge is 0.545 e. The van der Waals surface area contributed by atoms with Gasteiger partial charge in [0.2, 0.25) is 0 Å². The van der Waals surface area contributed by atoms with Crippen molar-refractivity contribution in [2.75, 3.05) is 12.0 Å². The van der Waals surface area contributed by atoms with Crippen molar-refractivity contribution in [3.05, 3.63) is 64.6 Å². The zero-order valence-corrected chi connectivity index (χ0v) is 14.7. The van der Waals surface area contributed by atoms with Crippen LogP contribution in [0.1, 0.15) is 15.9 Å². The number of carbonyl (C=O) groups excluding carboxylic acids is 2. The number of rotatable bonds is 4. The Morgan fingerprint density at radius 3 is 2.52 bits per heavy atom. The average Bonchev–Trinajstić information content (AvgIpc) is 2.89. The third-order valence-electron chi connectivity index (χ3n) is 3.56. The normalized spacial score (nSPS) is 15.7. The standard InChI is InChI=1S/C18H13NO4S2/c1-23-14-5-3-2-4-13(14)19-16(20)15(25-18(19)24)10-11-6-8-12(9-7-11)17(21)22/h2-10H,1H3,(H,21,22)/p-1/b15-10-. The summed E-state index contributed by atoms with van der Waals surface area (Å²) in [6, 6.07) is 13.2. The Bertz CT molecular complexity index is 890. The number of carboxylic acids is 1. The fourth-order valence-electron chi connectivity index (χ4n) is 2.36. The summed E-state index contributed by atoms with van der Waals surface area (Å²) in [7, 11) is 1.53. The monoisotopic (exact) mass is 370 g/mol. The Hall–Kier alpha value is -2.64. The number of anilines is 1. The predicted molar refractivity (Wildman–Crippen MR) is 99.4 cm³/mol. The number of hydrogen-bond donors (Lipinski definition) is 0. The van der Waals surface area contributed by atoms with Crippen LogP contribution in [0.15, 0.2) is 53.4 Å². The van der Waals surface area contributed by atoms with Crippen LogP contribution in [0.25, 0.3) is 6.08 Å². The SMILES string of the molecule is COc1ccccc1N1C(=O)/C(=C/c2ccc(C(=O)[O-])cc2)SC1=S.